The molecule has 58 heavy (non-hydrogen) atoms. The molecule has 0 bridgehead atoms. The molecule has 4 fully saturated rings. The predicted molar refractivity (Wildman–Crippen MR) is 190 cm³/mol. The summed E-state index contributed by atoms with van der Waals surface area (Å²) in [4.78, 5) is 12.4. The molecule has 4 rings (SSSR count). The average molecular weight is 849 g/mol. The summed E-state index contributed by atoms with van der Waals surface area (Å²) in [6, 6.07) is 0. The van der Waals surface area contributed by atoms with E-state index in [1.807, 2.05) is 0 Å². The van der Waals surface area contributed by atoms with Crippen LogP contribution in [0, 0.1) is 0 Å². The third-order valence-corrected chi connectivity index (χ3v) is 11.0. The molecule has 19 atom stereocenters. The van der Waals surface area contributed by atoms with E-state index in [0.29, 0.717) is 6.42 Å². The number of hydrogen-bond acceptors (Lipinski definition) is 22. The Morgan fingerprint density at radius 1 is 0.534 bits per heavy atom. The van der Waals surface area contributed by atoms with E-state index in [1.54, 1.807) is 0 Å². The van der Waals surface area contributed by atoms with Crippen LogP contribution in [0.25, 0.3) is 0 Å². The Kier molecular flexibility index (Phi) is 19.7. The Hall–Kier alpha value is -1.33. The number of rotatable bonds is 22. The maximum absolute atomic E-state index is 12.4. The molecule has 22 nitrogen and oxygen atoms in total. The Bertz CT molecular complexity index is 1200. The fourth-order valence-corrected chi connectivity index (χ4v) is 7.42. The van der Waals surface area contributed by atoms with Crippen LogP contribution in [-0.2, 0) is 42.7 Å². The van der Waals surface area contributed by atoms with Crippen molar-refractivity contribution in [3.63, 3.8) is 0 Å². The van der Waals surface area contributed by atoms with Crippen molar-refractivity contribution in [3.8, 4) is 0 Å². The number of carbonyl (C=O) groups excluding carboxylic acids is 1. The summed E-state index contributed by atoms with van der Waals surface area (Å²) in [5.74, 6) is -3.05. The molecule has 13 N–H and O–H groups in total. The van der Waals surface area contributed by atoms with Gasteiger partial charge in [0, 0.05) is 6.42 Å². The fourth-order valence-electron chi connectivity index (χ4n) is 7.42. The van der Waals surface area contributed by atoms with Gasteiger partial charge >= 0.3 is 5.97 Å². The van der Waals surface area contributed by atoms with Gasteiger partial charge in [-0.05, 0) is 6.42 Å². The summed E-state index contributed by atoms with van der Waals surface area (Å²) in [5, 5.41) is 136. The van der Waals surface area contributed by atoms with E-state index in [0.717, 1.165) is 25.7 Å². The number of carbonyl (C=O) groups is 1. The summed E-state index contributed by atoms with van der Waals surface area (Å²) >= 11 is 0. The highest BCUT2D eigenvalue weighted by molar-refractivity contribution is 5.69. The molecule has 0 aliphatic carbocycles. The lowest BCUT2D eigenvalue weighted by atomic mass is 9.96. The normalized spacial score (nSPS) is 43.4. The van der Waals surface area contributed by atoms with Gasteiger partial charge in [-0.25, -0.2) is 0 Å². The van der Waals surface area contributed by atoms with Gasteiger partial charge in [0.2, 0.25) is 5.79 Å². The first-order valence-corrected chi connectivity index (χ1v) is 20.0. The molecule has 0 aromatic heterocycles. The monoisotopic (exact) mass is 848 g/mol. The van der Waals surface area contributed by atoms with Crippen molar-refractivity contribution in [2.45, 2.75) is 187 Å². The first kappa shape index (κ1) is 49.3. The van der Waals surface area contributed by atoms with E-state index in [4.69, 9.17) is 37.9 Å². The molecule has 0 amide bonds. The SMILES string of the molecule is CCCCCCCCCCCC(=O)OC[C@@H]1O[C@](CO)(O[C@H]2O[C@H](CO)[C@@H](O[C@H]3O[C@H](CO)[C@@H](O[C@H]4O[C@H](CO)[C@@H](O)[C@H](O)[C@H]4O)[C@H](O)[C@H]3O)[C@H](O)[C@H]2O)[C@H](O)[C@H]1O. The molecule has 4 heterocycles. The minimum absolute atomic E-state index is 0.119. The van der Waals surface area contributed by atoms with E-state index in [1.165, 1.54) is 25.7 Å². The summed E-state index contributed by atoms with van der Waals surface area (Å²) in [5.41, 5.74) is 0. The van der Waals surface area contributed by atoms with Crippen LogP contribution < -0.4 is 0 Å². The number of ether oxygens (including phenoxy) is 8. The maximum Gasteiger partial charge on any atom is 0.305 e. The Labute approximate surface area is 335 Å². The predicted octanol–water partition coefficient (Wildman–Crippen LogP) is -5.28. The highest BCUT2D eigenvalue weighted by Gasteiger charge is 2.60. The van der Waals surface area contributed by atoms with Crippen LogP contribution >= 0.6 is 0 Å². The molecule has 0 aromatic carbocycles. The molecule has 0 unspecified atom stereocenters. The van der Waals surface area contributed by atoms with Crippen molar-refractivity contribution in [2.75, 3.05) is 33.0 Å². The zero-order chi connectivity index (χ0) is 42.7. The minimum atomic E-state index is -2.48. The number of unbranched alkanes of at least 4 members (excludes halogenated alkanes) is 8. The minimum Gasteiger partial charge on any atom is -0.463 e. The van der Waals surface area contributed by atoms with Gasteiger partial charge in [-0.2, -0.15) is 0 Å². The molecule has 0 aromatic rings. The van der Waals surface area contributed by atoms with Gasteiger partial charge in [0.25, 0.3) is 0 Å². The van der Waals surface area contributed by atoms with Gasteiger partial charge in [0.1, 0.15) is 105 Å². The lowest BCUT2D eigenvalue weighted by Gasteiger charge is -2.48. The summed E-state index contributed by atoms with van der Waals surface area (Å²) in [7, 11) is 0. The van der Waals surface area contributed by atoms with Crippen LogP contribution in [0.15, 0.2) is 0 Å². The number of aliphatic hydroxyl groups is 13. The standard InChI is InChI=1S/C36H64O22/c1-2-3-4-5-6-7-8-9-10-11-21(41)51-15-20-23(43)32(50)36(16-40,57-20)58-35-29(49)26(46)31(19(14-39)54-35)56-34-28(48)25(45)30(18(13-38)53-34)55-33-27(47)24(44)22(42)17(12-37)52-33/h17-20,22-35,37-40,42-50H,2-16H2,1H3/t17-,18-,19-,20+,22-,23+,24+,25-,26-,27-,28-,29-,30-,31-,32-,33-,34-,35-,36-/m1/s1. The van der Waals surface area contributed by atoms with E-state index >= 15 is 0 Å². The van der Waals surface area contributed by atoms with Gasteiger partial charge in [0.05, 0.1) is 19.8 Å². The third-order valence-electron chi connectivity index (χ3n) is 11.0. The molecule has 4 aliphatic heterocycles. The molecule has 22 heteroatoms. The van der Waals surface area contributed by atoms with E-state index in [2.05, 4.69) is 6.92 Å². The van der Waals surface area contributed by atoms with Crippen LogP contribution in [0.2, 0.25) is 0 Å². The molecule has 340 valence electrons. The second-order valence-corrected chi connectivity index (χ2v) is 15.3. The third kappa shape index (κ3) is 11.8. The topological polar surface area (TPSA) is 354 Å². The Morgan fingerprint density at radius 2 is 1.00 bits per heavy atom. The Morgan fingerprint density at radius 3 is 1.52 bits per heavy atom. The van der Waals surface area contributed by atoms with Gasteiger partial charge in [0.15, 0.2) is 18.9 Å². The molecule has 4 saturated heterocycles. The van der Waals surface area contributed by atoms with Crippen LogP contribution in [0.4, 0.5) is 0 Å². The highest BCUT2D eigenvalue weighted by atomic mass is 16.8. The maximum atomic E-state index is 12.4. The van der Waals surface area contributed by atoms with Gasteiger partial charge in [-0.15, -0.1) is 0 Å². The van der Waals surface area contributed by atoms with Crippen molar-refractivity contribution in [1.82, 2.24) is 0 Å². The van der Waals surface area contributed by atoms with E-state index < -0.39 is 155 Å². The van der Waals surface area contributed by atoms with Crippen LogP contribution in [0.5, 0.6) is 0 Å². The highest BCUT2D eigenvalue weighted by Crippen LogP contribution is 2.38. The van der Waals surface area contributed by atoms with Crippen LogP contribution in [-0.4, -0.2) is 222 Å². The van der Waals surface area contributed by atoms with Crippen molar-refractivity contribution in [3.05, 3.63) is 0 Å². The van der Waals surface area contributed by atoms with E-state index in [-0.39, 0.29) is 6.42 Å². The number of aliphatic hydroxyl groups excluding tert-OH is 13. The lowest BCUT2D eigenvalue weighted by Crippen LogP contribution is -2.67. The molecule has 0 spiro atoms. The van der Waals surface area contributed by atoms with Crippen molar-refractivity contribution < 1.29 is 109 Å². The smallest absolute Gasteiger partial charge is 0.305 e. The summed E-state index contributed by atoms with van der Waals surface area (Å²) in [6.45, 7) is -2.14. The first-order valence-electron chi connectivity index (χ1n) is 20.0. The van der Waals surface area contributed by atoms with Crippen LogP contribution in [0.3, 0.4) is 0 Å². The molecule has 0 radical (unpaired) electrons. The fraction of sp³-hybridized carbons (Fsp3) is 0.972. The van der Waals surface area contributed by atoms with Gasteiger partial charge in [-0.1, -0.05) is 58.3 Å². The largest absolute Gasteiger partial charge is 0.463 e. The zero-order valence-electron chi connectivity index (χ0n) is 32.5. The van der Waals surface area contributed by atoms with Gasteiger partial charge < -0.3 is 104 Å². The molecule has 0 saturated carbocycles. The second-order valence-electron chi connectivity index (χ2n) is 15.3. The molecular weight excluding hydrogens is 784 g/mol. The quantitative estimate of drug-likeness (QED) is 0.0357. The average Bonchev–Trinajstić information content (AvgIpc) is 3.46. The summed E-state index contributed by atoms with van der Waals surface area (Å²) < 4.78 is 44.1. The van der Waals surface area contributed by atoms with Crippen LogP contribution in [0.1, 0.15) is 71.1 Å². The van der Waals surface area contributed by atoms with Gasteiger partial charge in [-0.3, -0.25) is 4.79 Å². The van der Waals surface area contributed by atoms with E-state index in [9.17, 15) is 71.2 Å². The summed E-state index contributed by atoms with van der Waals surface area (Å²) in [6.07, 6.45) is -22.9. The number of hydrogen-bond donors (Lipinski definition) is 13. The first-order chi connectivity index (χ1) is 27.7. The lowest BCUT2D eigenvalue weighted by molar-refractivity contribution is -0.402. The van der Waals surface area contributed by atoms with Crippen molar-refractivity contribution in [2.24, 2.45) is 0 Å². The zero-order valence-corrected chi connectivity index (χ0v) is 32.5. The van der Waals surface area contributed by atoms with Crippen molar-refractivity contribution >= 4 is 5.97 Å². The molecular formula is C36H64O22. The second kappa shape index (κ2) is 23.2. The molecule has 4 aliphatic rings. The Balaban J connectivity index is 1.31. The van der Waals surface area contributed by atoms with Crippen molar-refractivity contribution in [1.29, 1.82) is 0 Å². The number of esters is 1.